The average molecular weight is 1320 g/mol. The minimum absolute atomic E-state index is 0.000304. The molecule has 26 heteroatoms. The average Bonchev–Trinajstić information content (AvgIpc) is 1.74. The Balaban J connectivity index is 0.903. The summed E-state index contributed by atoms with van der Waals surface area (Å²) in [6.45, 7) is 2.12. The lowest BCUT2D eigenvalue weighted by Gasteiger charge is -2.48. The molecule has 5 fully saturated rings. The third-order valence-electron chi connectivity index (χ3n) is 18.0. The quantitative estimate of drug-likeness (QED) is 0.0117. The Bertz CT molecular complexity index is 3260. The first-order chi connectivity index (χ1) is 46.1. The number of ketones is 1. The number of azide groups is 1. The monoisotopic (exact) mass is 1320 g/mol. The number of aliphatic hydroxyl groups excluding tert-OH is 5. The molecule has 5 aliphatic rings. The first-order valence-electron chi connectivity index (χ1n) is 32.2. The predicted molar refractivity (Wildman–Crippen MR) is 336 cm³/mol. The Labute approximate surface area is 550 Å². The number of hydrogen-bond acceptors (Lipinski definition) is 21. The number of carbonyl (C=O) groups excluding carboxylic acids is 4. The molecule has 21 atom stereocenters. The second kappa shape index (κ2) is 34.4. The summed E-state index contributed by atoms with van der Waals surface area (Å²) in [5.74, 6) is -2.83. The zero-order chi connectivity index (χ0) is 66.8. The number of alkyl carbamates (subject to hydrolysis) is 3. The SMILES string of the molecule is C[C@H](C(=O)C[C@@H]1C[C@H](C)[C@@H](O[C@H]2O[C@H](CN=[N+]=[N-])C[C@@H](O)[C@H]2NC(=O)OCc2ccccc2)[C@H](O[C@@H]2O[C@H](CO)[C@@H](O[C@H]3O[C@H]4CCC(c5ccccc5)O[C@H]4[C@H](O)[C@H]3NC(=O)OCc3ccccc3)[C@H]2O)[C@H]1O)[C@@H](CNC(=O)OCc1ccccc1)OCc1ccccc1. The zero-order valence-corrected chi connectivity index (χ0v) is 52.7. The molecule has 0 aromatic heterocycles. The standard InChI is InChI=1S/C69H84N6O20/c1-40-30-47(31-49(77)41(2)53(85-36-42-18-8-3-9-19-42)34-71-67(82)86-37-43-20-10-4-11-21-43)57(79)63(60(40)93-64-55(50(78)32-48(89-64)33-72-75-70)73-68(83)87-38-44-22-12-5-13-23-44)95-66-59(81)62(54(35-76)92-66)94-65-56(74-69(84)88-39-45-24-14-6-15-25-45)58(80)61-52(91-65)29-28-51(90-61)46-26-16-7-17-27-46/h3-27,40-41,47-48,50-66,76,78-81H,28-39H2,1-2H3,(H,71,82)(H,73,83)(H,74,84)/t40-,41+,47-,48-,50+,51?,52-,53+,54+,55+,56+,57-,58+,59+,60+,61+,62+,63+,64+,65+,66-/m0/s1. The first-order valence-corrected chi connectivity index (χ1v) is 32.2. The molecule has 8 N–H and O–H groups in total. The lowest BCUT2D eigenvalue weighted by Crippen LogP contribution is -2.66. The molecule has 26 nitrogen and oxygen atoms in total. The van der Waals surface area contributed by atoms with Crippen LogP contribution in [0.15, 0.2) is 157 Å². The van der Waals surface area contributed by atoms with Crippen molar-refractivity contribution >= 4 is 24.1 Å². The van der Waals surface area contributed by atoms with Crippen LogP contribution in [0.5, 0.6) is 0 Å². The van der Waals surface area contributed by atoms with Crippen LogP contribution in [0.2, 0.25) is 0 Å². The molecule has 4 saturated heterocycles. The van der Waals surface area contributed by atoms with Crippen LogP contribution in [0.1, 0.15) is 79.9 Å². The van der Waals surface area contributed by atoms with Crippen molar-refractivity contribution < 1.29 is 96.8 Å². The molecule has 5 aromatic rings. The summed E-state index contributed by atoms with van der Waals surface area (Å²) >= 11 is 0. The van der Waals surface area contributed by atoms with Gasteiger partial charge in [0, 0.05) is 30.2 Å². The van der Waals surface area contributed by atoms with Gasteiger partial charge in [0.2, 0.25) is 0 Å². The van der Waals surface area contributed by atoms with Gasteiger partial charge in [-0.05, 0) is 64.4 Å². The number of rotatable bonds is 27. The zero-order valence-electron chi connectivity index (χ0n) is 52.7. The smallest absolute Gasteiger partial charge is 0.407 e. The van der Waals surface area contributed by atoms with E-state index >= 15 is 0 Å². The summed E-state index contributed by atoms with van der Waals surface area (Å²) in [6, 6.07) is 42.9. The maximum absolute atomic E-state index is 14.8. The van der Waals surface area contributed by atoms with Crippen LogP contribution < -0.4 is 16.0 Å². The number of nitrogens with zero attached hydrogens (tertiary/aromatic N) is 3. The molecule has 4 heterocycles. The van der Waals surface area contributed by atoms with E-state index in [1.165, 1.54) is 0 Å². The van der Waals surface area contributed by atoms with E-state index in [9.17, 15) is 50.2 Å². The third kappa shape index (κ3) is 18.9. The van der Waals surface area contributed by atoms with Crippen molar-refractivity contribution in [2.45, 2.75) is 183 Å². The van der Waals surface area contributed by atoms with E-state index in [1.54, 1.807) is 62.4 Å². The third-order valence-corrected chi connectivity index (χ3v) is 18.0. The van der Waals surface area contributed by atoms with Gasteiger partial charge >= 0.3 is 18.3 Å². The highest BCUT2D eigenvalue weighted by Gasteiger charge is 2.56. The fourth-order valence-electron chi connectivity index (χ4n) is 12.8. The number of ether oxygens (including phenoxy) is 11. The highest BCUT2D eigenvalue weighted by Crippen LogP contribution is 2.43. The molecule has 510 valence electrons. The summed E-state index contributed by atoms with van der Waals surface area (Å²) in [5.41, 5.74) is 13.1. The molecule has 0 spiro atoms. The van der Waals surface area contributed by atoms with E-state index in [0.29, 0.717) is 24.0 Å². The summed E-state index contributed by atoms with van der Waals surface area (Å²) in [5, 5.41) is 72.0. The molecule has 4 aliphatic heterocycles. The normalized spacial score (nSPS) is 31.0. The number of carbonyl (C=O) groups is 4. The van der Waals surface area contributed by atoms with Gasteiger partial charge in [-0.2, -0.15) is 0 Å². The Kier molecular flexibility index (Phi) is 25.4. The summed E-state index contributed by atoms with van der Waals surface area (Å²) in [4.78, 5) is 58.0. The van der Waals surface area contributed by atoms with Gasteiger partial charge in [-0.25, -0.2) is 14.4 Å². The van der Waals surface area contributed by atoms with Crippen molar-refractivity contribution in [3.8, 4) is 0 Å². The Morgan fingerprint density at radius 2 is 1.13 bits per heavy atom. The van der Waals surface area contributed by atoms with Crippen LogP contribution >= 0.6 is 0 Å². The molecule has 10 rings (SSSR count). The van der Waals surface area contributed by atoms with Gasteiger partial charge < -0.3 is 93.6 Å². The van der Waals surface area contributed by atoms with Gasteiger partial charge in [-0.1, -0.05) is 171 Å². The van der Waals surface area contributed by atoms with Gasteiger partial charge in [-0.3, -0.25) is 4.79 Å². The number of nitrogens with one attached hydrogen (secondary N) is 3. The van der Waals surface area contributed by atoms with E-state index in [4.69, 9.17) is 52.1 Å². The Morgan fingerprint density at radius 1 is 0.600 bits per heavy atom. The number of amides is 3. The molecule has 0 bridgehead atoms. The maximum Gasteiger partial charge on any atom is 0.407 e. The molecular formula is C69H84N6O20. The van der Waals surface area contributed by atoms with Gasteiger partial charge in [-0.15, -0.1) is 0 Å². The summed E-state index contributed by atoms with van der Waals surface area (Å²) in [6.07, 6.45) is -22.9. The van der Waals surface area contributed by atoms with Gasteiger partial charge in [0.15, 0.2) is 18.9 Å². The molecule has 3 amide bonds. The molecule has 1 unspecified atom stereocenters. The maximum atomic E-state index is 14.8. The Hall–Kier alpha value is -7.63. The van der Waals surface area contributed by atoms with E-state index in [2.05, 4.69) is 26.0 Å². The fraction of sp³-hybridized carbons (Fsp3) is 0.507. The minimum Gasteiger partial charge on any atom is -0.445 e. The van der Waals surface area contributed by atoms with Gasteiger partial charge in [0.1, 0.15) is 74.3 Å². The molecule has 1 aliphatic carbocycles. The van der Waals surface area contributed by atoms with Gasteiger partial charge in [0.25, 0.3) is 0 Å². The topological polar surface area (TPSA) is 356 Å². The van der Waals surface area contributed by atoms with Crippen molar-refractivity contribution in [1.82, 2.24) is 16.0 Å². The minimum atomic E-state index is -1.82. The second-order valence-corrected chi connectivity index (χ2v) is 24.6. The number of aliphatic hydroxyl groups is 5. The van der Waals surface area contributed by atoms with Crippen molar-refractivity contribution in [2.24, 2.45) is 22.9 Å². The molecular weight excluding hydrogens is 1230 g/mol. The number of Topliss-reactive ketones (excluding diaryl/α,β-unsaturated/α-hetero) is 1. The highest BCUT2D eigenvalue weighted by atomic mass is 16.8. The summed E-state index contributed by atoms with van der Waals surface area (Å²) in [7, 11) is 0. The van der Waals surface area contributed by atoms with E-state index in [1.807, 2.05) is 103 Å². The number of fused-ring (bicyclic) bond motifs is 1. The van der Waals surface area contributed by atoms with E-state index in [0.717, 1.165) is 16.7 Å². The van der Waals surface area contributed by atoms with Crippen LogP contribution in [-0.2, 0) is 83.3 Å². The van der Waals surface area contributed by atoms with Crippen LogP contribution in [-0.4, -0.2) is 173 Å². The van der Waals surface area contributed by atoms with Crippen molar-refractivity contribution in [1.29, 1.82) is 0 Å². The molecule has 0 radical (unpaired) electrons. The Morgan fingerprint density at radius 3 is 1.71 bits per heavy atom. The first kappa shape index (κ1) is 70.2. The number of benzene rings is 5. The van der Waals surface area contributed by atoms with Crippen molar-refractivity contribution in [3.63, 3.8) is 0 Å². The van der Waals surface area contributed by atoms with Crippen LogP contribution in [0.25, 0.3) is 10.4 Å². The predicted octanol–water partition coefficient (Wildman–Crippen LogP) is 6.73. The number of hydrogen-bond donors (Lipinski definition) is 8. The van der Waals surface area contributed by atoms with Crippen molar-refractivity contribution in [3.05, 3.63) is 190 Å². The lowest BCUT2D eigenvalue weighted by atomic mass is 9.73. The van der Waals surface area contributed by atoms with Crippen LogP contribution in [0, 0.1) is 17.8 Å². The largest absolute Gasteiger partial charge is 0.445 e. The van der Waals surface area contributed by atoms with Crippen LogP contribution in [0.3, 0.4) is 0 Å². The molecule has 1 saturated carbocycles. The highest BCUT2D eigenvalue weighted by molar-refractivity contribution is 5.81. The second-order valence-electron chi connectivity index (χ2n) is 24.6. The lowest BCUT2D eigenvalue weighted by molar-refractivity contribution is -0.311. The summed E-state index contributed by atoms with van der Waals surface area (Å²) < 4.78 is 68.6. The van der Waals surface area contributed by atoms with Crippen molar-refractivity contribution in [2.75, 3.05) is 19.7 Å². The molecule has 95 heavy (non-hydrogen) atoms. The van der Waals surface area contributed by atoms with E-state index in [-0.39, 0.29) is 64.6 Å². The molecule has 5 aromatic carbocycles. The fourth-order valence-corrected chi connectivity index (χ4v) is 12.8. The van der Waals surface area contributed by atoms with Crippen LogP contribution in [0.4, 0.5) is 14.4 Å². The van der Waals surface area contributed by atoms with E-state index < -0.39 is 153 Å². The van der Waals surface area contributed by atoms with Gasteiger partial charge in [0.05, 0.1) is 62.5 Å².